The third-order valence-electron chi connectivity index (χ3n) is 7.69. The maximum absolute atomic E-state index is 12.3. The van der Waals surface area contributed by atoms with Gasteiger partial charge < -0.3 is 34.8 Å². The van der Waals surface area contributed by atoms with E-state index in [-0.39, 0.29) is 37.0 Å². The van der Waals surface area contributed by atoms with Gasteiger partial charge in [0.1, 0.15) is 30.3 Å². The van der Waals surface area contributed by atoms with Crippen LogP contribution in [-0.2, 0) is 46.1 Å². The van der Waals surface area contributed by atoms with Crippen LogP contribution in [0.3, 0.4) is 0 Å². The smallest absolute Gasteiger partial charge is 0.477 e. The molecule has 4 rings (SSSR count). The number of nitrogens with two attached hydrogens (primary N) is 2. The Morgan fingerprint density at radius 1 is 1.04 bits per heavy atom. The average Bonchev–Trinajstić information content (AvgIpc) is 3.46. The number of nitrogens with zero attached hydrogens (tertiary/aromatic N) is 5. The number of aromatic nitrogens is 2. The lowest BCUT2D eigenvalue weighted by atomic mass is 9.98. The maximum atomic E-state index is 12.3. The molecule has 1 aromatic heterocycles. The number of amidine groups is 1. The van der Waals surface area contributed by atoms with Crippen molar-refractivity contribution < 1.29 is 39.2 Å². The van der Waals surface area contributed by atoms with Crippen molar-refractivity contribution in [1.29, 1.82) is 0 Å². The Balaban J connectivity index is 1.43. The maximum Gasteiger partial charge on any atom is 0.510 e. The van der Waals surface area contributed by atoms with Crippen LogP contribution in [0.2, 0.25) is 0 Å². The number of benzene rings is 3. The van der Waals surface area contributed by atoms with Gasteiger partial charge >= 0.3 is 12.1 Å². The molecule has 1 unspecified atom stereocenters. The van der Waals surface area contributed by atoms with Crippen molar-refractivity contribution in [3.8, 4) is 11.1 Å². The topological polar surface area (TPSA) is 231 Å². The number of aryl methyl sites for hydroxylation is 1. The molecule has 0 fully saturated rings. The van der Waals surface area contributed by atoms with E-state index in [1.54, 1.807) is 41.0 Å². The van der Waals surface area contributed by atoms with Crippen LogP contribution in [-0.4, -0.2) is 54.2 Å². The number of hydrazone groups is 1. The number of carboxylic acid groups (broad SMARTS) is 1. The number of hydrogen-bond donors (Lipinski definition) is 4. The van der Waals surface area contributed by atoms with Crippen LogP contribution in [0.4, 0.5) is 4.79 Å². The summed E-state index contributed by atoms with van der Waals surface area (Å²) in [6.07, 6.45) is -0.765. The minimum Gasteiger partial charge on any atom is -0.477 e. The molecule has 0 amide bonds. The van der Waals surface area contributed by atoms with E-state index in [1.165, 1.54) is 20.8 Å². The monoisotopic (exact) mass is 703 g/mol. The van der Waals surface area contributed by atoms with Crippen molar-refractivity contribution in [2.45, 2.75) is 72.1 Å². The van der Waals surface area contributed by atoms with Crippen LogP contribution in [0.5, 0.6) is 0 Å². The van der Waals surface area contributed by atoms with Gasteiger partial charge in [-0.25, -0.2) is 20.4 Å². The number of ether oxygens (including phenoxy) is 2. The highest BCUT2D eigenvalue weighted by Crippen LogP contribution is 2.28. The second-order valence-electron chi connectivity index (χ2n) is 12.1. The standard InChI is InChI=1S/C35H41N7O9/c1-5-8-29-38-31(35(3,4)46)30(33(43)44)40(29)19-23-15-17-26(18-16-23)27-9-6-7-10-28(27)32(36)39-41(37)22(2)51-34(45)49-20-24-11-13-25(14-12-24)21-50-42(47)48/h6-7,9-18,22,46H,5,8,19-21,37H2,1-4H3,(H2,36,39)(H,43,44). The predicted octanol–water partition coefficient (Wildman–Crippen LogP) is 4.68. The van der Waals surface area contributed by atoms with Crippen LogP contribution in [0.1, 0.15) is 78.4 Å². The lowest BCUT2D eigenvalue weighted by Gasteiger charge is -2.21. The van der Waals surface area contributed by atoms with E-state index in [2.05, 4.69) is 14.9 Å². The normalized spacial score (nSPS) is 12.2. The van der Waals surface area contributed by atoms with Crippen molar-refractivity contribution in [2.75, 3.05) is 0 Å². The summed E-state index contributed by atoms with van der Waals surface area (Å²) in [5.74, 6) is 5.53. The number of carbonyl (C=O) groups excluding carboxylic acids is 1. The molecule has 6 N–H and O–H groups in total. The van der Waals surface area contributed by atoms with Gasteiger partial charge in [-0.2, -0.15) is 5.12 Å². The number of aromatic carboxylic acids is 1. The molecule has 0 aliphatic carbocycles. The van der Waals surface area contributed by atoms with E-state index < -0.39 is 29.0 Å². The molecule has 1 atom stereocenters. The van der Waals surface area contributed by atoms with Gasteiger partial charge in [-0.1, -0.05) is 79.7 Å². The Hall–Kier alpha value is -6.00. The molecule has 0 bridgehead atoms. The summed E-state index contributed by atoms with van der Waals surface area (Å²) in [5, 5.41) is 35.2. The number of hydrazine groups is 1. The Morgan fingerprint density at radius 2 is 1.65 bits per heavy atom. The van der Waals surface area contributed by atoms with Gasteiger partial charge in [0.2, 0.25) is 6.23 Å². The molecule has 270 valence electrons. The average molecular weight is 704 g/mol. The number of carbonyl (C=O) groups is 2. The quantitative estimate of drug-likeness (QED) is 0.0236. The molecule has 3 aromatic carbocycles. The fraction of sp³-hybridized carbons (Fsp3) is 0.314. The molecule has 16 nitrogen and oxygen atoms in total. The highest BCUT2D eigenvalue weighted by Gasteiger charge is 2.31. The van der Waals surface area contributed by atoms with Crippen molar-refractivity contribution in [2.24, 2.45) is 16.7 Å². The number of rotatable bonds is 16. The van der Waals surface area contributed by atoms with Crippen LogP contribution in [0.25, 0.3) is 11.1 Å². The zero-order valence-corrected chi connectivity index (χ0v) is 28.7. The van der Waals surface area contributed by atoms with Crippen LogP contribution in [0, 0.1) is 10.1 Å². The third kappa shape index (κ3) is 10.0. The first kappa shape index (κ1) is 37.8. The van der Waals surface area contributed by atoms with E-state index in [1.807, 2.05) is 43.3 Å². The molecule has 16 heteroatoms. The first-order chi connectivity index (χ1) is 24.2. The van der Waals surface area contributed by atoms with Gasteiger partial charge in [-0.3, -0.25) is 0 Å². The first-order valence-corrected chi connectivity index (χ1v) is 16.0. The lowest BCUT2D eigenvalue weighted by Crippen LogP contribution is -2.40. The minimum absolute atomic E-state index is 0.0447. The molecule has 4 aromatic rings. The molecule has 0 spiro atoms. The highest BCUT2D eigenvalue weighted by atomic mass is 16.9. The highest BCUT2D eigenvalue weighted by molar-refractivity contribution is 6.03. The lowest BCUT2D eigenvalue weighted by molar-refractivity contribution is -0.763. The Labute approximate surface area is 293 Å². The second-order valence-corrected chi connectivity index (χ2v) is 12.1. The molecule has 1 heterocycles. The SMILES string of the molecule is CCCc1nc(C(C)(C)O)c(C(=O)O)n1Cc1ccc(-c2ccccc2/C(N)=N/N(N)C(C)OC(=O)OCc2ccc(CO[N+](=O)[O-])cc2)cc1. The zero-order chi connectivity index (χ0) is 37.3. The summed E-state index contributed by atoms with van der Waals surface area (Å²) in [6.45, 7) is 6.42. The Kier molecular flexibility index (Phi) is 12.3. The van der Waals surface area contributed by atoms with E-state index in [0.29, 0.717) is 28.9 Å². The van der Waals surface area contributed by atoms with Gasteiger partial charge in [0.25, 0.3) is 5.09 Å². The van der Waals surface area contributed by atoms with Gasteiger partial charge in [0.05, 0.1) is 0 Å². The van der Waals surface area contributed by atoms with Crippen molar-refractivity contribution in [3.63, 3.8) is 0 Å². The van der Waals surface area contributed by atoms with E-state index in [0.717, 1.165) is 28.2 Å². The number of carboxylic acids is 1. The Bertz CT molecular complexity index is 1870. The van der Waals surface area contributed by atoms with Gasteiger partial charge in [-0.15, -0.1) is 15.2 Å². The minimum atomic E-state index is -1.43. The molecule has 0 aliphatic heterocycles. The van der Waals surface area contributed by atoms with Crippen LogP contribution >= 0.6 is 0 Å². The van der Waals surface area contributed by atoms with E-state index in [4.69, 9.17) is 21.1 Å². The zero-order valence-electron chi connectivity index (χ0n) is 28.7. The third-order valence-corrected chi connectivity index (χ3v) is 7.69. The molecule has 0 saturated heterocycles. The van der Waals surface area contributed by atoms with Crippen LogP contribution in [0.15, 0.2) is 77.9 Å². The predicted molar refractivity (Wildman–Crippen MR) is 185 cm³/mol. The molecule has 0 aliphatic rings. The number of imidazole rings is 1. The summed E-state index contributed by atoms with van der Waals surface area (Å²) in [7, 11) is 0. The summed E-state index contributed by atoms with van der Waals surface area (Å²) < 4.78 is 12.0. The molecular formula is C35H41N7O9. The van der Waals surface area contributed by atoms with Crippen molar-refractivity contribution in [1.82, 2.24) is 14.7 Å². The van der Waals surface area contributed by atoms with Gasteiger partial charge in [0, 0.05) is 18.5 Å². The van der Waals surface area contributed by atoms with Crippen LogP contribution < -0.4 is 11.6 Å². The summed E-state index contributed by atoms with van der Waals surface area (Å²) in [4.78, 5) is 43.8. The fourth-order valence-corrected chi connectivity index (χ4v) is 5.15. The van der Waals surface area contributed by atoms with Gasteiger partial charge in [0.15, 0.2) is 11.5 Å². The number of aliphatic hydroxyl groups is 1. The summed E-state index contributed by atoms with van der Waals surface area (Å²) in [6, 6.07) is 21.3. The first-order valence-electron chi connectivity index (χ1n) is 16.0. The van der Waals surface area contributed by atoms with Gasteiger partial charge in [-0.05, 0) is 55.0 Å². The van der Waals surface area contributed by atoms with E-state index >= 15 is 0 Å². The summed E-state index contributed by atoms with van der Waals surface area (Å²) >= 11 is 0. The van der Waals surface area contributed by atoms with Crippen molar-refractivity contribution in [3.05, 3.63) is 122 Å². The fourth-order valence-electron chi connectivity index (χ4n) is 5.15. The molecule has 51 heavy (non-hydrogen) atoms. The summed E-state index contributed by atoms with van der Waals surface area (Å²) in [5.41, 5.74) is 9.14. The van der Waals surface area contributed by atoms with E-state index in [9.17, 15) is 29.9 Å². The Morgan fingerprint density at radius 3 is 2.24 bits per heavy atom. The number of hydrogen-bond acceptors (Lipinski definition) is 12. The molecular weight excluding hydrogens is 662 g/mol. The largest absolute Gasteiger partial charge is 0.510 e. The molecule has 0 radical (unpaired) electrons. The van der Waals surface area contributed by atoms with Crippen molar-refractivity contribution >= 4 is 18.0 Å². The second kappa shape index (κ2) is 16.6. The molecule has 0 saturated carbocycles.